The van der Waals surface area contributed by atoms with Crippen LogP contribution in [0.1, 0.15) is 50.1 Å². The fourth-order valence-electron chi connectivity index (χ4n) is 5.39. The first-order valence-corrected chi connectivity index (χ1v) is 10.5. The third kappa shape index (κ3) is 3.05. The Kier molecular flexibility index (Phi) is 4.49. The Balaban J connectivity index is 1.42. The summed E-state index contributed by atoms with van der Waals surface area (Å²) in [7, 11) is 0. The second-order valence-corrected chi connectivity index (χ2v) is 8.59. The summed E-state index contributed by atoms with van der Waals surface area (Å²) in [5, 5.41) is 0. The van der Waals surface area contributed by atoms with Gasteiger partial charge in [0, 0.05) is 55.1 Å². The van der Waals surface area contributed by atoms with Gasteiger partial charge in [-0.25, -0.2) is 9.97 Å². The number of nitrogens with zero attached hydrogens (tertiary/aromatic N) is 4. The molecular weight excluding hydrogens is 352 g/mol. The second-order valence-electron chi connectivity index (χ2n) is 8.59. The van der Waals surface area contributed by atoms with E-state index in [1.807, 2.05) is 10.6 Å². The minimum Gasteiger partial charge on any atom is -0.341 e. The van der Waals surface area contributed by atoms with Crippen LogP contribution in [0.15, 0.2) is 35.6 Å². The fraction of sp³-hybridized carbons (Fsp3) is 0.545. The Labute approximate surface area is 164 Å². The summed E-state index contributed by atoms with van der Waals surface area (Å²) in [5.41, 5.74) is 2.52. The summed E-state index contributed by atoms with van der Waals surface area (Å²) in [6, 6.07) is 3.97. The topological polar surface area (TPSA) is 68.1 Å². The predicted octanol–water partition coefficient (Wildman–Crippen LogP) is 2.83. The molecule has 6 nitrogen and oxygen atoms in total. The Bertz CT molecular complexity index is 933. The van der Waals surface area contributed by atoms with Gasteiger partial charge >= 0.3 is 0 Å². The van der Waals surface area contributed by atoms with Gasteiger partial charge in [-0.2, -0.15) is 0 Å². The predicted molar refractivity (Wildman–Crippen MR) is 106 cm³/mol. The molecular formula is C22H26N4O2. The van der Waals surface area contributed by atoms with E-state index < -0.39 is 0 Å². The van der Waals surface area contributed by atoms with Gasteiger partial charge in [0.05, 0.1) is 5.56 Å². The molecule has 2 bridgehead atoms. The van der Waals surface area contributed by atoms with Gasteiger partial charge in [-0.3, -0.25) is 9.59 Å². The summed E-state index contributed by atoms with van der Waals surface area (Å²) >= 11 is 0. The highest BCUT2D eigenvalue weighted by Crippen LogP contribution is 2.37. The maximum Gasteiger partial charge on any atom is 0.258 e. The molecule has 2 unspecified atom stereocenters. The molecule has 28 heavy (non-hydrogen) atoms. The highest BCUT2D eigenvalue weighted by molar-refractivity contribution is 5.79. The van der Waals surface area contributed by atoms with Crippen molar-refractivity contribution in [2.45, 2.75) is 51.0 Å². The highest BCUT2D eigenvalue weighted by Gasteiger charge is 2.38. The number of pyridine rings is 1. The van der Waals surface area contributed by atoms with Crippen molar-refractivity contribution in [2.75, 3.05) is 13.1 Å². The third-order valence-electron chi connectivity index (χ3n) is 6.74. The molecule has 0 aromatic carbocycles. The van der Waals surface area contributed by atoms with Crippen LogP contribution in [0.3, 0.4) is 0 Å². The van der Waals surface area contributed by atoms with E-state index in [0.29, 0.717) is 23.9 Å². The van der Waals surface area contributed by atoms with Crippen molar-refractivity contribution >= 4 is 5.91 Å². The zero-order valence-electron chi connectivity index (χ0n) is 16.1. The van der Waals surface area contributed by atoms with Crippen molar-refractivity contribution in [3.8, 4) is 11.1 Å². The standard InChI is InChI=1S/C22H26N4O2/c27-21(16-4-2-1-3-5-16)25-11-15-8-17(13-25)20-7-6-19(22(28)26(20)12-15)18-9-23-14-24-10-18/h6-7,9-10,14-17H,1-5,8,11-13H2. The van der Waals surface area contributed by atoms with E-state index in [0.717, 1.165) is 43.6 Å². The minimum atomic E-state index is 0.0362. The summed E-state index contributed by atoms with van der Waals surface area (Å²) in [6.07, 6.45) is 11.6. The van der Waals surface area contributed by atoms with Crippen LogP contribution in [0.2, 0.25) is 0 Å². The number of rotatable bonds is 2. The number of carbonyl (C=O) groups excluding carboxylic acids is 1. The first-order valence-electron chi connectivity index (χ1n) is 10.5. The van der Waals surface area contributed by atoms with Crippen LogP contribution < -0.4 is 5.56 Å². The quantitative estimate of drug-likeness (QED) is 0.806. The van der Waals surface area contributed by atoms with E-state index in [1.54, 1.807) is 12.4 Å². The Morgan fingerprint density at radius 2 is 1.79 bits per heavy atom. The van der Waals surface area contributed by atoms with Crippen molar-refractivity contribution in [1.82, 2.24) is 19.4 Å². The molecule has 0 N–H and O–H groups in total. The normalized spacial score (nSPS) is 24.6. The van der Waals surface area contributed by atoms with Gasteiger partial charge < -0.3 is 9.47 Å². The zero-order valence-corrected chi connectivity index (χ0v) is 16.1. The largest absolute Gasteiger partial charge is 0.341 e. The van der Waals surface area contributed by atoms with E-state index in [1.165, 1.54) is 25.6 Å². The molecule has 2 fully saturated rings. The van der Waals surface area contributed by atoms with Crippen LogP contribution in [-0.4, -0.2) is 38.4 Å². The number of amides is 1. The third-order valence-corrected chi connectivity index (χ3v) is 6.74. The van der Waals surface area contributed by atoms with Gasteiger partial charge in [0.25, 0.3) is 5.56 Å². The summed E-state index contributed by atoms with van der Waals surface area (Å²) < 4.78 is 1.93. The van der Waals surface area contributed by atoms with Crippen LogP contribution in [0.25, 0.3) is 11.1 Å². The summed E-state index contributed by atoms with van der Waals surface area (Å²) in [4.78, 5) is 36.4. The van der Waals surface area contributed by atoms with Gasteiger partial charge in [0.1, 0.15) is 6.33 Å². The smallest absolute Gasteiger partial charge is 0.258 e. The van der Waals surface area contributed by atoms with E-state index in [4.69, 9.17) is 0 Å². The molecule has 1 saturated heterocycles. The molecule has 6 heteroatoms. The van der Waals surface area contributed by atoms with Crippen molar-refractivity contribution in [2.24, 2.45) is 11.8 Å². The minimum absolute atomic E-state index is 0.0362. The zero-order chi connectivity index (χ0) is 19.1. The number of piperidine rings is 1. The van der Waals surface area contributed by atoms with E-state index in [-0.39, 0.29) is 17.4 Å². The molecule has 2 aromatic heterocycles. The lowest BCUT2D eigenvalue weighted by atomic mass is 9.81. The summed E-state index contributed by atoms with van der Waals surface area (Å²) in [5.74, 6) is 1.19. The number of aromatic nitrogens is 3. The lowest BCUT2D eigenvalue weighted by Gasteiger charge is -2.44. The van der Waals surface area contributed by atoms with Gasteiger partial charge in [0.15, 0.2) is 0 Å². The van der Waals surface area contributed by atoms with Crippen LogP contribution in [0.5, 0.6) is 0 Å². The Morgan fingerprint density at radius 1 is 1.00 bits per heavy atom. The lowest BCUT2D eigenvalue weighted by Crippen LogP contribution is -2.50. The second kappa shape index (κ2) is 7.15. The van der Waals surface area contributed by atoms with Gasteiger partial charge in [0.2, 0.25) is 5.91 Å². The van der Waals surface area contributed by atoms with Gasteiger partial charge in [-0.15, -0.1) is 0 Å². The maximum atomic E-state index is 13.1. The molecule has 0 spiro atoms. The molecule has 0 radical (unpaired) electrons. The average molecular weight is 378 g/mol. The number of carbonyl (C=O) groups is 1. The lowest BCUT2D eigenvalue weighted by molar-refractivity contribution is -0.139. The Hall–Kier alpha value is -2.50. The van der Waals surface area contributed by atoms with Crippen LogP contribution in [-0.2, 0) is 11.3 Å². The Morgan fingerprint density at radius 3 is 2.57 bits per heavy atom. The monoisotopic (exact) mass is 378 g/mol. The highest BCUT2D eigenvalue weighted by atomic mass is 16.2. The summed E-state index contributed by atoms with van der Waals surface area (Å²) in [6.45, 7) is 2.23. The first-order chi connectivity index (χ1) is 13.7. The first kappa shape index (κ1) is 17.6. The molecule has 146 valence electrons. The van der Waals surface area contributed by atoms with E-state index in [2.05, 4.69) is 20.9 Å². The van der Waals surface area contributed by atoms with Crippen LogP contribution in [0, 0.1) is 11.8 Å². The fourth-order valence-corrected chi connectivity index (χ4v) is 5.39. The molecule has 2 atom stereocenters. The van der Waals surface area contributed by atoms with Crippen LogP contribution >= 0.6 is 0 Å². The molecule has 4 heterocycles. The SMILES string of the molecule is O=C(C1CCCCC1)N1CC2CC(C1)c1ccc(-c3cncnc3)c(=O)n1C2. The van der Waals surface area contributed by atoms with Crippen molar-refractivity contribution < 1.29 is 4.79 Å². The number of fused-ring (bicyclic) bond motifs is 4. The molecule has 2 aliphatic heterocycles. The maximum absolute atomic E-state index is 13.1. The van der Waals surface area contributed by atoms with Gasteiger partial charge in [-0.05, 0) is 37.3 Å². The molecule has 2 aromatic rings. The van der Waals surface area contributed by atoms with E-state index in [9.17, 15) is 9.59 Å². The van der Waals surface area contributed by atoms with E-state index >= 15 is 0 Å². The molecule has 1 saturated carbocycles. The number of hydrogen-bond acceptors (Lipinski definition) is 4. The molecule has 1 aliphatic carbocycles. The van der Waals surface area contributed by atoms with Crippen molar-refractivity contribution in [3.63, 3.8) is 0 Å². The molecule has 5 rings (SSSR count). The van der Waals surface area contributed by atoms with Crippen molar-refractivity contribution in [3.05, 3.63) is 46.9 Å². The average Bonchev–Trinajstić information content (AvgIpc) is 2.75. The molecule has 1 amide bonds. The van der Waals surface area contributed by atoms with Gasteiger partial charge in [-0.1, -0.05) is 19.3 Å². The van der Waals surface area contributed by atoms with Crippen LogP contribution in [0.4, 0.5) is 0 Å². The van der Waals surface area contributed by atoms with Crippen molar-refractivity contribution in [1.29, 1.82) is 0 Å². The number of hydrogen-bond donors (Lipinski definition) is 0. The molecule has 3 aliphatic rings. The number of likely N-dealkylation sites (tertiary alicyclic amines) is 1.